The summed E-state index contributed by atoms with van der Waals surface area (Å²) in [5.41, 5.74) is 1.39. The van der Waals surface area contributed by atoms with Gasteiger partial charge in [-0.25, -0.2) is 9.78 Å². The Kier molecular flexibility index (Phi) is 4.68. The molecule has 0 radical (unpaired) electrons. The SMILES string of the molecule is CC[C@@H](C)c1nc(C(=O)OCc2ccccc2)cs1. The number of hydrogen-bond acceptors (Lipinski definition) is 4. The smallest absolute Gasteiger partial charge is 0.358 e. The van der Waals surface area contributed by atoms with Gasteiger partial charge in [0.15, 0.2) is 5.69 Å². The summed E-state index contributed by atoms with van der Waals surface area (Å²) in [5, 5.41) is 2.77. The first-order chi connectivity index (χ1) is 9.20. The molecule has 1 aromatic carbocycles. The van der Waals surface area contributed by atoms with Crippen molar-refractivity contribution in [1.29, 1.82) is 0 Å². The van der Waals surface area contributed by atoms with Crippen LogP contribution in [0, 0.1) is 0 Å². The molecule has 0 N–H and O–H groups in total. The van der Waals surface area contributed by atoms with Gasteiger partial charge < -0.3 is 4.74 Å². The number of aromatic nitrogens is 1. The van der Waals surface area contributed by atoms with E-state index in [9.17, 15) is 4.79 Å². The van der Waals surface area contributed by atoms with Gasteiger partial charge in [0.2, 0.25) is 0 Å². The fourth-order valence-corrected chi connectivity index (χ4v) is 2.51. The van der Waals surface area contributed by atoms with E-state index in [2.05, 4.69) is 18.8 Å². The van der Waals surface area contributed by atoms with Crippen molar-refractivity contribution in [2.45, 2.75) is 32.8 Å². The van der Waals surface area contributed by atoms with Crippen LogP contribution >= 0.6 is 11.3 Å². The summed E-state index contributed by atoms with van der Waals surface area (Å²) in [7, 11) is 0. The molecule has 4 heteroatoms. The highest BCUT2D eigenvalue weighted by atomic mass is 32.1. The second kappa shape index (κ2) is 6.48. The Morgan fingerprint density at radius 2 is 2.11 bits per heavy atom. The zero-order valence-corrected chi connectivity index (χ0v) is 11.9. The van der Waals surface area contributed by atoms with Crippen molar-refractivity contribution in [1.82, 2.24) is 4.98 Å². The van der Waals surface area contributed by atoms with E-state index in [0.29, 0.717) is 11.6 Å². The van der Waals surface area contributed by atoms with Gasteiger partial charge in [-0.2, -0.15) is 0 Å². The minimum atomic E-state index is -0.352. The monoisotopic (exact) mass is 275 g/mol. The fraction of sp³-hybridized carbons (Fsp3) is 0.333. The van der Waals surface area contributed by atoms with Crippen LogP contribution in [0.15, 0.2) is 35.7 Å². The molecule has 0 saturated carbocycles. The third-order valence-corrected chi connectivity index (χ3v) is 4.05. The minimum Gasteiger partial charge on any atom is -0.456 e. The van der Waals surface area contributed by atoms with E-state index >= 15 is 0 Å². The number of nitrogens with zero attached hydrogens (tertiary/aromatic N) is 1. The third-order valence-electron chi connectivity index (χ3n) is 2.98. The quantitative estimate of drug-likeness (QED) is 0.774. The van der Waals surface area contributed by atoms with Gasteiger partial charge in [-0.05, 0) is 12.0 Å². The molecule has 0 aliphatic heterocycles. The van der Waals surface area contributed by atoms with Crippen molar-refractivity contribution < 1.29 is 9.53 Å². The van der Waals surface area contributed by atoms with E-state index < -0.39 is 0 Å². The van der Waals surface area contributed by atoms with Crippen LogP contribution in [-0.4, -0.2) is 11.0 Å². The Labute approximate surface area is 117 Å². The number of ether oxygens (including phenoxy) is 1. The molecular weight excluding hydrogens is 258 g/mol. The first-order valence-electron chi connectivity index (χ1n) is 6.37. The maximum absolute atomic E-state index is 11.9. The molecule has 0 unspecified atom stereocenters. The standard InChI is InChI=1S/C15H17NO2S/c1-3-11(2)14-16-13(10-19-14)15(17)18-9-12-7-5-4-6-8-12/h4-8,10-11H,3,9H2,1-2H3/t11-/m1/s1. The highest BCUT2D eigenvalue weighted by molar-refractivity contribution is 7.09. The van der Waals surface area contributed by atoms with Crippen LogP contribution in [0.2, 0.25) is 0 Å². The maximum atomic E-state index is 11.9. The number of carbonyl (C=O) groups is 1. The van der Waals surface area contributed by atoms with Crippen LogP contribution in [0.4, 0.5) is 0 Å². The summed E-state index contributed by atoms with van der Waals surface area (Å²) in [6.45, 7) is 4.51. The lowest BCUT2D eigenvalue weighted by Crippen LogP contribution is -2.06. The van der Waals surface area contributed by atoms with Gasteiger partial charge in [0.25, 0.3) is 0 Å². The lowest BCUT2D eigenvalue weighted by molar-refractivity contribution is 0.0466. The van der Waals surface area contributed by atoms with Crippen LogP contribution in [0.3, 0.4) is 0 Å². The molecule has 0 aliphatic rings. The fourth-order valence-electron chi connectivity index (χ4n) is 1.58. The van der Waals surface area contributed by atoms with Crippen molar-refractivity contribution in [3.05, 3.63) is 52.0 Å². The molecule has 1 atom stereocenters. The van der Waals surface area contributed by atoms with Crippen molar-refractivity contribution in [2.24, 2.45) is 0 Å². The summed E-state index contributed by atoms with van der Waals surface area (Å²) in [5.74, 6) is 0.0373. The number of rotatable bonds is 5. The Hall–Kier alpha value is -1.68. The Morgan fingerprint density at radius 1 is 1.37 bits per heavy atom. The topological polar surface area (TPSA) is 39.2 Å². The molecule has 2 aromatic rings. The largest absolute Gasteiger partial charge is 0.456 e. The number of thiazole rings is 1. The summed E-state index contributed by atoms with van der Waals surface area (Å²) >= 11 is 1.52. The first-order valence-corrected chi connectivity index (χ1v) is 7.25. The molecule has 19 heavy (non-hydrogen) atoms. The summed E-state index contributed by atoms with van der Waals surface area (Å²) in [4.78, 5) is 16.2. The van der Waals surface area contributed by atoms with Gasteiger partial charge in [0, 0.05) is 11.3 Å². The molecule has 0 amide bonds. The molecule has 0 bridgehead atoms. The summed E-state index contributed by atoms with van der Waals surface area (Å²) in [6, 6.07) is 9.64. The maximum Gasteiger partial charge on any atom is 0.358 e. The Bertz CT molecular complexity index is 536. The minimum absolute atomic E-state index is 0.288. The van der Waals surface area contributed by atoms with Crippen molar-refractivity contribution >= 4 is 17.3 Å². The van der Waals surface area contributed by atoms with Crippen molar-refractivity contribution in [2.75, 3.05) is 0 Å². The summed E-state index contributed by atoms with van der Waals surface area (Å²) < 4.78 is 5.25. The molecular formula is C15H17NO2S. The molecule has 0 fully saturated rings. The molecule has 100 valence electrons. The zero-order chi connectivity index (χ0) is 13.7. The number of hydrogen-bond donors (Lipinski definition) is 0. The number of benzene rings is 1. The molecule has 1 heterocycles. The van der Waals surface area contributed by atoms with Crippen LogP contribution in [0.25, 0.3) is 0 Å². The molecule has 0 saturated heterocycles. The zero-order valence-electron chi connectivity index (χ0n) is 11.1. The highest BCUT2D eigenvalue weighted by Crippen LogP contribution is 2.22. The first kappa shape index (κ1) is 13.7. The van der Waals surface area contributed by atoms with Crippen LogP contribution < -0.4 is 0 Å². The lowest BCUT2D eigenvalue weighted by atomic mass is 10.1. The average Bonchev–Trinajstić information content (AvgIpc) is 2.95. The van der Waals surface area contributed by atoms with E-state index in [1.54, 1.807) is 5.38 Å². The van der Waals surface area contributed by atoms with Gasteiger partial charge >= 0.3 is 5.97 Å². The Balaban J connectivity index is 1.95. The number of esters is 1. The normalized spacial score (nSPS) is 12.1. The van der Waals surface area contributed by atoms with Gasteiger partial charge in [0.05, 0.1) is 5.01 Å². The second-order valence-corrected chi connectivity index (χ2v) is 5.33. The highest BCUT2D eigenvalue weighted by Gasteiger charge is 2.14. The van der Waals surface area contributed by atoms with Gasteiger partial charge in [-0.15, -0.1) is 11.3 Å². The average molecular weight is 275 g/mol. The predicted octanol–water partition coefficient (Wildman–Crippen LogP) is 4.01. The van der Waals surface area contributed by atoms with E-state index in [4.69, 9.17) is 4.74 Å². The molecule has 2 rings (SSSR count). The summed E-state index contributed by atoms with van der Waals surface area (Å²) in [6.07, 6.45) is 1.02. The Morgan fingerprint density at radius 3 is 2.79 bits per heavy atom. The van der Waals surface area contributed by atoms with Crippen molar-refractivity contribution in [3.63, 3.8) is 0 Å². The third kappa shape index (κ3) is 3.64. The molecule has 1 aromatic heterocycles. The van der Waals surface area contributed by atoms with E-state index in [-0.39, 0.29) is 12.6 Å². The van der Waals surface area contributed by atoms with Crippen molar-refractivity contribution in [3.8, 4) is 0 Å². The van der Waals surface area contributed by atoms with Gasteiger partial charge in [-0.3, -0.25) is 0 Å². The van der Waals surface area contributed by atoms with E-state index in [0.717, 1.165) is 17.0 Å². The lowest BCUT2D eigenvalue weighted by Gasteiger charge is -2.03. The van der Waals surface area contributed by atoms with Gasteiger partial charge in [-0.1, -0.05) is 44.2 Å². The van der Waals surface area contributed by atoms with E-state index in [1.165, 1.54) is 11.3 Å². The second-order valence-electron chi connectivity index (χ2n) is 4.44. The predicted molar refractivity (Wildman–Crippen MR) is 76.4 cm³/mol. The molecule has 0 aliphatic carbocycles. The van der Waals surface area contributed by atoms with Crippen LogP contribution in [0.1, 0.15) is 47.2 Å². The van der Waals surface area contributed by atoms with E-state index in [1.807, 2.05) is 30.3 Å². The van der Waals surface area contributed by atoms with Crippen LogP contribution in [-0.2, 0) is 11.3 Å². The number of carbonyl (C=O) groups excluding carboxylic acids is 1. The van der Waals surface area contributed by atoms with Crippen LogP contribution in [0.5, 0.6) is 0 Å². The molecule has 0 spiro atoms. The van der Waals surface area contributed by atoms with Gasteiger partial charge in [0.1, 0.15) is 6.61 Å². The molecule has 3 nitrogen and oxygen atoms in total.